The van der Waals surface area contributed by atoms with Crippen LogP contribution in [0, 0.1) is 11.6 Å². The summed E-state index contributed by atoms with van der Waals surface area (Å²) in [6.45, 7) is 0. The Morgan fingerprint density at radius 3 is 2.70 bits per heavy atom. The number of fused-ring (bicyclic) bond motifs is 1. The first kappa shape index (κ1) is 17.3. The van der Waals surface area contributed by atoms with Gasteiger partial charge in [0.1, 0.15) is 11.6 Å². The maximum Gasteiger partial charge on any atom is 0.230 e. The van der Waals surface area contributed by atoms with Crippen LogP contribution in [-0.4, -0.2) is 10.9 Å². The summed E-state index contributed by atoms with van der Waals surface area (Å²) in [6.07, 6.45) is 0.210. The molecule has 1 N–H and O–H groups in total. The van der Waals surface area contributed by atoms with Gasteiger partial charge in [0.25, 0.3) is 0 Å². The minimum absolute atomic E-state index is 0.196. The molecule has 4 rings (SSSR count). The molecule has 0 aliphatic heterocycles. The van der Waals surface area contributed by atoms with Crippen LogP contribution in [0.4, 0.5) is 13.9 Å². The van der Waals surface area contributed by atoms with E-state index in [-0.39, 0.29) is 17.9 Å². The minimum atomic E-state index is -0.686. The number of nitrogens with zero attached hydrogens (tertiary/aromatic N) is 1. The molecule has 0 spiro atoms. The minimum Gasteiger partial charge on any atom is -0.302 e. The highest BCUT2D eigenvalue weighted by Crippen LogP contribution is 2.27. The first-order chi connectivity index (χ1) is 13.1. The summed E-state index contributed by atoms with van der Waals surface area (Å²) < 4.78 is 26.9. The van der Waals surface area contributed by atoms with Crippen molar-refractivity contribution < 1.29 is 13.6 Å². The van der Waals surface area contributed by atoms with Crippen LogP contribution in [0.5, 0.6) is 0 Å². The van der Waals surface area contributed by atoms with E-state index in [1.165, 1.54) is 23.5 Å². The van der Waals surface area contributed by atoms with Gasteiger partial charge in [-0.25, -0.2) is 13.8 Å². The van der Waals surface area contributed by atoms with Crippen molar-refractivity contribution in [3.63, 3.8) is 0 Å². The monoisotopic (exact) mass is 380 g/mol. The molecule has 0 saturated carbocycles. The fraction of sp³-hybridized carbons (Fsp3) is 0.0476. The van der Waals surface area contributed by atoms with E-state index < -0.39 is 11.6 Å². The van der Waals surface area contributed by atoms with Crippen LogP contribution in [-0.2, 0) is 11.2 Å². The van der Waals surface area contributed by atoms with Gasteiger partial charge in [0.05, 0.1) is 12.1 Å². The van der Waals surface area contributed by atoms with E-state index in [2.05, 4.69) is 10.3 Å². The van der Waals surface area contributed by atoms with Gasteiger partial charge in [0, 0.05) is 17.0 Å². The van der Waals surface area contributed by atoms with E-state index >= 15 is 0 Å². The number of halogens is 2. The van der Waals surface area contributed by atoms with Crippen molar-refractivity contribution in [2.75, 3.05) is 5.32 Å². The van der Waals surface area contributed by atoms with Crippen molar-refractivity contribution in [1.82, 2.24) is 4.98 Å². The van der Waals surface area contributed by atoms with Crippen molar-refractivity contribution in [2.45, 2.75) is 6.42 Å². The molecule has 4 aromatic rings. The molecule has 1 heterocycles. The molecule has 3 nitrogen and oxygen atoms in total. The van der Waals surface area contributed by atoms with Crippen molar-refractivity contribution in [3.8, 4) is 11.3 Å². The number of hydrogen-bond acceptors (Lipinski definition) is 3. The summed E-state index contributed by atoms with van der Waals surface area (Å²) in [5.41, 5.74) is 1.48. The summed E-state index contributed by atoms with van der Waals surface area (Å²) >= 11 is 1.20. The van der Waals surface area contributed by atoms with Gasteiger partial charge in [-0.3, -0.25) is 4.79 Å². The molecule has 3 aromatic carbocycles. The fourth-order valence-corrected chi connectivity index (χ4v) is 3.66. The van der Waals surface area contributed by atoms with Crippen LogP contribution in [0.2, 0.25) is 0 Å². The van der Waals surface area contributed by atoms with Crippen LogP contribution in [0.1, 0.15) is 5.56 Å². The number of rotatable bonds is 4. The highest BCUT2D eigenvalue weighted by Gasteiger charge is 2.13. The molecule has 0 aliphatic rings. The number of nitrogens with one attached hydrogen (secondary N) is 1. The van der Waals surface area contributed by atoms with Gasteiger partial charge in [-0.2, -0.15) is 0 Å². The van der Waals surface area contributed by atoms with E-state index in [0.717, 1.165) is 22.4 Å². The molecule has 0 atom stereocenters. The van der Waals surface area contributed by atoms with Crippen LogP contribution in [0.25, 0.3) is 22.0 Å². The third kappa shape index (κ3) is 3.71. The van der Waals surface area contributed by atoms with Crippen molar-refractivity contribution in [1.29, 1.82) is 0 Å². The Hall–Kier alpha value is -3.12. The number of benzene rings is 3. The average molecular weight is 380 g/mol. The van der Waals surface area contributed by atoms with Gasteiger partial charge >= 0.3 is 0 Å². The molecule has 0 unspecified atom stereocenters. The number of hydrogen-bond donors (Lipinski definition) is 1. The SMILES string of the molecule is O=C(Cc1cccc2ccccc12)Nc1nc(-c2ccc(F)cc2F)cs1. The Balaban J connectivity index is 1.51. The summed E-state index contributed by atoms with van der Waals surface area (Å²) in [5, 5.41) is 6.86. The first-order valence-corrected chi connectivity index (χ1v) is 9.15. The summed E-state index contributed by atoms with van der Waals surface area (Å²) in [4.78, 5) is 16.7. The molecule has 0 bridgehead atoms. The quantitative estimate of drug-likeness (QED) is 0.513. The second kappa shape index (κ2) is 7.25. The lowest BCUT2D eigenvalue weighted by atomic mass is 10.0. The standard InChI is InChI=1S/C21H14F2N2OS/c22-15-8-9-17(18(23)11-15)19-12-27-21(24-19)25-20(26)10-14-6-3-5-13-4-1-2-7-16(13)14/h1-9,11-12H,10H2,(H,24,25,26). The smallest absolute Gasteiger partial charge is 0.230 e. The van der Waals surface area contributed by atoms with Crippen LogP contribution >= 0.6 is 11.3 Å². The van der Waals surface area contributed by atoms with Crippen molar-refractivity contribution >= 4 is 33.1 Å². The lowest BCUT2D eigenvalue weighted by Crippen LogP contribution is -2.14. The molecule has 0 aliphatic carbocycles. The Bertz CT molecular complexity index is 1130. The van der Waals surface area contributed by atoms with Crippen molar-refractivity contribution in [3.05, 3.63) is 83.2 Å². The highest BCUT2D eigenvalue weighted by atomic mass is 32.1. The number of carbonyl (C=O) groups excluding carboxylic acids is 1. The maximum atomic E-state index is 13.9. The van der Waals surface area contributed by atoms with Gasteiger partial charge in [-0.05, 0) is 28.5 Å². The number of thiazole rings is 1. The third-order valence-electron chi connectivity index (χ3n) is 4.19. The topological polar surface area (TPSA) is 42.0 Å². The molecule has 0 radical (unpaired) electrons. The number of amides is 1. The zero-order valence-corrected chi connectivity index (χ0v) is 14.9. The van der Waals surface area contributed by atoms with E-state index in [1.807, 2.05) is 42.5 Å². The molecule has 1 aromatic heterocycles. The summed E-state index contributed by atoms with van der Waals surface area (Å²) in [7, 11) is 0. The predicted octanol–water partition coefficient (Wildman–Crippen LogP) is 5.42. The predicted molar refractivity (Wildman–Crippen MR) is 104 cm³/mol. The largest absolute Gasteiger partial charge is 0.302 e. The van der Waals surface area contributed by atoms with E-state index in [0.29, 0.717) is 10.8 Å². The third-order valence-corrected chi connectivity index (χ3v) is 4.95. The highest BCUT2D eigenvalue weighted by molar-refractivity contribution is 7.14. The Kier molecular flexibility index (Phi) is 4.64. The van der Waals surface area contributed by atoms with E-state index in [1.54, 1.807) is 5.38 Å². The molecule has 1 amide bonds. The Morgan fingerprint density at radius 1 is 1.04 bits per heavy atom. The number of aromatic nitrogens is 1. The molecule has 6 heteroatoms. The molecule has 0 fully saturated rings. The van der Waals surface area contributed by atoms with E-state index in [4.69, 9.17) is 0 Å². The Morgan fingerprint density at radius 2 is 1.85 bits per heavy atom. The molecular formula is C21H14F2N2OS. The van der Waals surface area contributed by atoms with Crippen LogP contribution in [0.3, 0.4) is 0 Å². The number of anilines is 1. The zero-order chi connectivity index (χ0) is 18.8. The lowest BCUT2D eigenvalue weighted by Gasteiger charge is -2.06. The van der Waals surface area contributed by atoms with Gasteiger partial charge in [0.15, 0.2) is 5.13 Å². The zero-order valence-electron chi connectivity index (χ0n) is 14.1. The van der Waals surface area contributed by atoms with E-state index in [9.17, 15) is 13.6 Å². The Labute approximate surface area is 158 Å². The van der Waals surface area contributed by atoms with Gasteiger partial charge < -0.3 is 5.32 Å². The summed E-state index contributed by atoms with van der Waals surface area (Å²) in [6, 6.07) is 17.0. The molecule has 27 heavy (non-hydrogen) atoms. The van der Waals surface area contributed by atoms with Gasteiger partial charge in [0.2, 0.25) is 5.91 Å². The van der Waals surface area contributed by atoms with Gasteiger partial charge in [-0.1, -0.05) is 42.5 Å². The maximum absolute atomic E-state index is 13.9. The second-order valence-corrected chi connectivity index (χ2v) is 6.88. The first-order valence-electron chi connectivity index (χ1n) is 8.27. The van der Waals surface area contributed by atoms with Crippen molar-refractivity contribution in [2.24, 2.45) is 0 Å². The fourth-order valence-electron chi connectivity index (χ4n) is 2.94. The summed E-state index contributed by atoms with van der Waals surface area (Å²) in [5.74, 6) is -1.53. The van der Waals surface area contributed by atoms with Crippen LogP contribution < -0.4 is 5.32 Å². The number of carbonyl (C=O) groups is 1. The molecular weight excluding hydrogens is 366 g/mol. The normalized spacial score (nSPS) is 10.9. The lowest BCUT2D eigenvalue weighted by molar-refractivity contribution is -0.115. The second-order valence-electron chi connectivity index (χ2n) is 6.03. The molecule has 134 valence electrons. The van der Waals surface area contributed by atoms with Crippen LogP contribution in [0.15, 0.2) is 66.0 Å². The van der Waals surface area contributed by atoms with Gasteiger partial charge in [-0.15, -0.1) is 11.3 Å². The molecule has 0 saturated heterocycles. The average Bonchev–Trinajstić information content (AvgIpc) is 3.10.